The van der Waals surface area contributed by atoms with Gasteiger partial charge in [0.1, 0.15) is 11.4 Å². The molecule has 6 nitrogen and oxygen atoms in total. The van der Waals surface area contributed by atoms with Crippen LogP contribution in [-0.2, 0) is 11.3 Å². The fourth-order valence-electron chi connectivity index (χ4n) is 3.08. The molecule has 1 fully saturated rings. The number of carbonyl (C=O) groups is 1. The van der Waals surface area contributed by atoms with Crippen molar-refractivity contribution in [2.45, 2.75) is 26.5 Å². The van der Waals surface area contributed by atoms with E-state index < -0.39 is 0 Å². The van der Waals surface area contributed by atoms with Crippen LogP contribution < -0.4 is 10.6 Å². The molecule has 0 saturated carbocycles. The third-order valence-electron chi connectivity index (χ3n) is 4.41. The summed E-state index contributed by atoms with van der Waals surface area (Å²) in [5, 5.41) is 0. The molecule has 2 heterocycles. The fraction of sp³-hybridized carbons (Fsp3) is 0.400. The quantitative estimate of drug-likeness (QED) is 0.657. The lowest BCUT2D eigenvalue weighted by Crippen LogP contribution is -2.46. The fourth-order valence-corrected chi connectivity index (χ4v) is 3.08. The van der Waals surface area contributed by atoms with Crippen LogP contribution in [0, 0.1) is 0 Å². The average molecular weight is 354 g/mol. The molecule has 1 aromatic carbocycles. The van der Waals surface area contributed by atoms with Gasteiger partial charge in [-0.1, -0.05) is 12.1 Å². The Morgan fingerprint density at radius 3 is 2.50 bits per heavy atom. The molecule has 0 spiro atoms. The first kappa shape index (κ1) is 18.2. The molecule has 0 radical (unpaired) electrons. The van der Waals surface area contributed by atoms with E-state index in [4.69, 9.17) is 10.5 Å². The molecule has 0 unspecified atom stereocenters. The van der Waals surface area contributed by atoms with Gasteiger partial charge in [0.2, 0.25) is 0 Å². The van der Waals surface area contributed by atoms with Crippen LogP contribution in [0.25, 0.3) is 0 Å². The molecule has 0 amide bonds. The monoisotopic (exact) mass is 354 g/mol. The molecular formula is C20H26N4O2. The standard InChI is InChI=1S/C20H26N4O2/c1-15(2)26-20(25)18-4-3-9-22-19(18)24-12-10-23(11-13-24)14-16-5-7-17(21)8-6-16/h3-9,15H,10-14,21H2,1-2H3. The number of esters is 1. The van der Waals surface area contributed by atoms with Gasteiger partial charge in [-0.3, -0.25) is 4.90 Å². The summed E-state index contributed by atoms with van der Waals surface area (Å²) < 4.78 is 5.35. The van der Waals surface area contributed by atoms with E-state index in [-0.39, 0.29) is 12.1 Å². The number of hydrogen-bond acceptors (Lipinski definition) is 6. The van der Waals surface area contributed by atoms with Gasteiger partial charge >= 0.3 is 5.97 Å². The minimum Gasteiger partial charge on any atom is -0.459 e. The maximum absolute atomic E-state index is 12.3. The van der Waals surface area contributed by atoms with Crippen LogP contribution in [0.4, 0.5) is 11.5 Å². The van der Waals surface area contributed by atoms with Crippen molar-refractivity contribution >= 4 is 17.5 Å². The Hall–Kier alpha value is -2.60. The highest BCUT2D eigenvalue weighted by Crippen LogP contribution is 2.21. The predicted octanol–water partition coefficient (Wildman–Crippen LogP) is 2.55. The van der Waals surface area contributed by atoms with Crippen LogP contribution in [0.1, 0.15) is 29.8 Å². The summed E-state index contributed by atoms with van der Waals surface area (Å²) in [5.74, 6) is 0.401. The SMILES string of the molecule is CC(C)OC(=O)c1cccnc1N1CCN(Cc2ccc(N)cc2)CC1. The number of rotatable bonds is 5. The second kappa shape index (κ2) is 8.19. The van der Waals surface area contributed by atoms with E-state index in [1.165, 1.54) is 5.56 Å². The number of pyridine rings is 1. The topological polar surface area (TPSA) is 71.7 Å². The van der Waals surface area contributed by atoms with Crippen LogP contribution in [-0.4, -0.2) is 48.1 Å². The van der Waals surface area contributed by atoms with Crippen molar-refractivity contribution in [2.24, 2.45) is 0 Å². The van der Waals surface area contributed by atoms with Crippen LogP contribution in [0.2, 0.25) is 0 Å². The van der Waals surface area contributed by atoms with E-state index in [2.05, 4.69) is 26.9 Å². The Bertz CT molecular complexity index is 738. The minimum atomic E-state index is -0.313. The van der Waals surface area contributed by atoms with Gasteiger partial charge in [0.25, 0.3) is 0 Å². The summed E-state index contributed by atoms with van der Waals surface area (Å²) in [6.07, 6.45) is 1.58. The van der Waals surface area contributed by atoms with Crippen molar-refractivity contribution in [3.63, 3.8) is 0 Å². The highest BCUT2D eigenvalue weighted by atomic mass is 16.5. The van der Waals surface area contributed by atoms with E-state index >= 15 is 0 Å². The minimum absolute atomic E-state index is 0.146. The lowest BCUT2D eigenvalue weighted by atomic mass is 10.1. The van der Waals surface area contributed by atoms with Crippen molar-refractivity contribution in [1.29, 1.82) is 0 Å². The lowest BCUT2D eigenvalue weighted by molar-refractivity contribution is 0.0378. The maximum Gasteiger partial charge on any atom is 0.342 e. The molecule has 26 heavy (non-hydrogen) atoms. The molecule has 1 saturated heterocycles. The molecule has 0 bridgehead atoms. The summed E-state index contributed by atoms with van der Waals surface area (Å²) in [6, 6.07) is 11.6. The largest absolute Gasteiger partial charge is 0.459 e. The average Bonchev–Trinajstić information content (AvgIpc) is 2.64. The molecule has 2 N–H and O–H groups in total. The molecule has 138 valence electrons. The Kier molecular flexibility index (Phi) is 5.73. The molecule has 1 aliphatic heterocycles. The zero-order valence-corrected chi connectivity index (χ0v) is 15.4. The van der Waals surface area contributed by atoms with Gasteiger partial charge in [0, 0.05) is 44.6 Å². The van der Waals surface area contributed by atoms with Gasteiger partial charge in [0.15, 0.2) is 0 Å². The van der Waals surface area contributed by atoms with Crippen LogP contribution in [0.15, 0.2) is 42.6 Å². The van der Waals surface area contributed by atoms with Gasteiger partial charge in [-0.15, -0.1) is 0 Å². The number of hydrogen-bond donors (Lipinski definition) is 1. The van der Waals surface area contributed by atoms with Crippen molar-refractivity contribution in [3.8, 4) is 0 Å². The zero-order chi connectivity index (χ0) is 18.5. The number of anilines is 2. The summed E-state index contributed by atoms with van der Waals surface area (Å²) >= 11 is 0. The van der Waals surface area contributed by atoms with Gasteiger partial charge < -0.3 is 15.4 Å². The summed E-state index contributed by atoms with van der Waals surface area (Å²) in [5.41, 5.74) is 8.32. The second-order valence-corrected chi connectivity index (χ2v) is 6.83. The number of nitrogens with zero attached hydrogens (tertiary/aromatic N) is 3. The normalized spacial score (nSPS) is 15.3. The molecule has 2 aromatic rings. The first-order valence-electron chi connectivity index (χ1n) is 9.00. The van der Waals surface area contributed by atoms with Gasteiger partial charge in [-0.2, -0.15) is 0 Å². The summed E-state index contributed by atoms with van der Waals surface area (Å²) in [6.45, 7) is 8.09. The Balaban J connectivity index is 1.63. The highest BCUT2D eigenvalue weighted by Gasteiger charge is 2.23. The smallest absolute Gasteiger partial charge is 0.342 e. The second-order valence-electron chi connectivity index (χ2n) is 6.83. The van der Waals surface area contributed by atoms with Crippen LogP contribution in [0.3, 0.4) is 0 Å². The summed E-state index contributed by atoms with van der Waals surface area (Å²) in [4.78, 5) is 21.3. The molecule has 0 aliphatic carbocycles. The van der Waals surface area contributed by atoms with Crippen LogP contribution in [0.5, 0.6) is 0 Å². The van der Waals surface area contributed by atoms with Crippen molar-refractivity contribution < 1.29 is 9.53 Å². The number of nitrogen functional groups attached to an aromatic ring is 1. The van der Waals surface area contributed by atoms with Gasteiger partial charge in [-0.25, -0.2) is 9.78 Å². The Morgan fingerprint density at radius 1 is 1.15 bits per heavy atom. The predicted molar refractivity (Wildman–Crippen MR) is 103 cm³/mol. The number of benzene rings is 1. The van der Waals surface area contributed by atoms with E-state index in [1.54, 1.807) is 18.3 Å². The highest BCUT2D eigenvalue weighted by molar-refractivity contribution is 5.94. The molecule has 0 atom stereocenters. The first-order chi connectivity index (χ1) is 12.5. The number of piperazine rings is 1. The van der Waals surface area contributed by atoms with Gasteiger partial charge in [0.05, 0.1) is 6.10 Å². The number of ether oxygens (including phenoxy) is 1. The lowest BCUT2D eigenvalue weighted by Gasteiger charge is -2.36. The summed E-state index contributed by atoms with van der Waals surface area (Å²) in [7, 11) is 0. The Labute approximate surface area is 154 Å². The number of nitrogens with two attached hydrogens (primary N) is 1. The van der Waals surface area contributed by atoms with Crippen molar-refractivity contribution in [2.75, 3.05) is 36.8 Å². The van der Waals surface area contributed by atoms with E-state index in [9.17, 15) is 4.79 Å². The van der Waals surface area contributed by atoms with E-state index in [0.717, 1.165) is 38.4 Å². The number of carbonyl (C=O) groups excluding carboxylic acids is 1. The number of aromatic nitrogens is 1. The molecular weight excluding hydrogens is 328 g/mol. The molecule has 1 aliphatic rings. The molecule has 3 rings (SSSR count). The third kappa shape index (κ3) is 4.52. The Morgan fingerprint density at radius 2 is 1.85 bits per heavy atom. The first-order valence-corrected chi connectivity index (χ1v) is 9.00. The van der Waals surface area contributed by atoms with E-state index in [0.29, 0.717) is 11.4 Å². The van der Waals surface area contributed by atoms with Crippen molar-refractivity contribution in [3.05, 3.63) is 53.7 Å². The van der Waals surface area contributed by atoms with Crippen molar-refractivity contribution in [1.82, 2.24) is 9.88 Å². The third-order valence-corrected chi connectivity index (χ3v) is 4.41. The molecule has 6 heteroatoms. The zero-order valence-electron chi connectivity index (χ0n) is 15.4. The van der Waals surface area contributed by atoms with Gasteiger partial charge in [-0.05, 0) is 43.7 Å². The molecule has 1 aromatic heterocycles. The maximum atomic E-state index is 12.3. The van der Waals surface area contributed by atoms with E-state index in [1.807, 2.05) is 26.0 Å². The van der Waals surface area contributed by atoms with Crippen LogP contribution >= 0.6 is 0 Å².